The van der Waals surface area contributed by atoms with Crippen LogP contribution in [0.4, 0.5) is 0 Å². The summed E-state index contributed by atoms with van der Waals surface area (Å²) in [7, 11) is 0. The normalized spacial score (nSPS) is 18.7. The van der Waals surface area contributed by atoms with E-state index in [1.165, 1.54) is 5.56 Å². The van der Waals surface area contributed by atoms with Gasteiger partial charge in [0.15, 0.2) is 4.20 Å². The molecule has 0 bridgehead atoms. The molecule has 0 unspecified atom stereocenters. The third-order valence-corrected chi connectivity index (χ3v) is 5.46. The van der Waals surface area contributed by atoms with E-state index in [-0.39, 0.29) is 10.1 Å². The first-order valence-electron chi connectivity index (χ1n) is 4.85. The second-order valence-electron chi connectivity index (χ2n) is 3.36. The van der Waals surface area contributed by atoms with Gasteiger partial charge in [0.25, 0.3) is 0 Å². The summed E-state index contributed by atoms with van der Waals surface area (Å²) in [5.74, 6) is 2.19. The van der Waals surface area contributed by atoms with Crippen LogP contribution in [-0.2, 0) is 9.00 Å². The molecule has 4 heteroatoms. The second-order valence-corrected chi connectivity index (χ2v) is 6.24. The van der Waals surface area contributed by atoms with Crippen molar-refractivity contribution in [2.75, 3.05) is 11.5 Å². The van der Waals surface area contributed by atoms with Crippen molar-refractivity contribution in [3.8, 4) is 0 Å². The predicted molar refractivity (Wildman–Crippen MR) is 66.9 cm³/mol. The molecule has 0 saturated carbocycles. The molecule has 1 heterocycles. The van der Waals surface area contributed by atoms with E-state index in [2.05, 4.69) is 17.4 Å². The van der Waals surface area contributed by atoms with E-state index in [0.717, 1.165) is 11.5 Å². The number of thioether (sulfide) groups is 2. The van der Waals surface area contributed by atoms with Gasteiger partial charge in [-0.3, -0.25) is 4.79 Å². The summed E-state index contributed by atoms with van der Waals surface area (Å²) in [4.78, 5) is 11.2. The topological polar surface area (TPSA) is 29.1 Å². The number of nitrogens with one attached hydrogen (secondary N) is 1. The largest absolute Gasteiger partial charge is 0.329 e. The monoisotopic (exact) mass is 239 g/mol. The number of carbonyl (C=O) groups is 1. The van der Waals surface area contributed by atoms with E-state index in [4.69, 9.17) is 0 Å². The quantitative estimate of drug-likeness (QED) is 0.859. The lowest BCUT2D eigenvalue weighted by Gasteiger charge is -2.28. The summed E-state index contributed by atoms with van der Waals surface area (Å²) in [6.07, 6.45) is 0. The predicted octanol–water partition coefficient (Wildman–Crippen LogP) is 2.41. The molecular weight excluding hydrogens is 226 g/mol. The van der Waals surface area contributed by atoms with Crippen LogP contribution in [0.3, 0.4) is 0 Å². The average molecular weight is 239 g/mol. The molecule has 0 aromatic heterocycles. The van der Waals surface area contributed by atoms with Crippen molar-refractivity contribution in [2.45, 2.75) is 11.1 Å². The molecular formula is C11H13NOS2. The molecule has 1 N–H and O–H groups in total. The van der Waals surface area contributed by atoms with Gasteiger partial charge in [-0.2, -0.15) is 0 Å². The minimum absolute atomic E-state index is 0.0285. The van der Waals surface area contributed by atoms with Gasteiger partial charge in [-0.1, -0.05) is 30.3 Å². The van der Waals surface area contributed by atoms with Gasteiger partial charge >= 0.3 is 0 Å². The van der Waals surface area contributed by atoms with Crippen LogP contribution >= 0.6 is 23.5 Å². The molecule has 1 fully saturated rings. The fraction of sp³-hybridized carbons (Fsp3) is 0.364. The van der Waals surface area contributed by atoms with Crippen molar-refractivity contribution in [3.05, 3.63) is 35.9 Å². The van der Waals surface area contributed by atoms with Crippen LogP contribution in [0, 0.1) is 0 Å². The molecule has 0 aliphatic carbocycles. The number of benzene rings is 1. The minimum atomic E-state index is -0.257. The van der Waals surface area contributed by atoms with E-state index in [0.29, 0.717) is 0 Å². The maximum atomic E-state index is 11.2. The maximum Gasteiger partial charge on any atom is 0.218 e. The highest BCUT2D eigenvalue weighted by molar-refractivity contribution is 8.20. The number of amides is 1. The molecule has 15 heavy (non-hydrogen) atoms. The van der Waals surface area contributed by atoms with Crippen LogP contribution in [0.2, 0.25) is 0 Å². The van der Waals surface area contributed by atoms with Crippen LogP contribution in [0.15, 0.2) is 30.3 Å². The third kappa shape index (κ3) is 2.32. The van der Waals surface area contributed by atoms with Crippen molar-refractivity contribution in [1.82, 2.24) is 5.32 Å². The van der Waals surface area contributed by atoms with Gasteiger partial charge in [-0.05, 0) is 5.56 Å². The smallest absolute Gasteiger partial charge is 0.218 e. The van der Waals surface area contributed by atoms with Crippen molar-refractivity contribution in [1.29, 1.82) is 0 Å². The zero-order valence-electron chi connectivity index (χ0n) is 8.53. The highest BCUT2D eigenvalue weighted by Crippen LogP contribution is 2.49. The van der Waals surface area contributed by atoms with E-state index in [1.54, 1.807) is 30.4 Å². The van der Waals surface area contributed by atoms with Gasteiger partial charge in [-0.25, -0.2) is 0 Å². The summed E-state index contributed by atoms with van der Waals surface area (Å²) in [6.45, 7) is 1.57. The fourth-order valence-electron chi connectivity index (χ4n) is 1.61. The Balaban J connectivity index is 2.30. The zero-order chi connectivity index (χ0) is 10.7. The van der Waals surface area contributed by atoms with E-state index in [9.17, 15) is 4.79 Å². The fourth-order valence-corrected chi connectivity index (χ4v) is 4.72. The summed E-state index contributed by atoms with van der Waals surface area (Å²) in [5, 5.41) is 3.06. The highest BCUT2D eigenvalue weighted by atomic mass is 32.2. The molecule has 1 aromatic carbocycles. The Labute approximate surface area is 98.2 Å². The maximum absolute atomic E-state index is 11.2. The van der Waals surface area contributed by atoms with Gasteiger partial charge in [0.05, 0.1) is 0 Å². The standard InChI is InChI=1S/C11H13NOS2/c1-9(13)12-11(14-7-8-15-11)10-5-3-2-4-6-10/h2-6H,7-8H2,1H3,(H,12,13). The molecule has 1 aliphatic rings. The zero-order valence-corrected chi connectivity index (χ0v) is 10.2. The molecule has 0 radical (unpaired) electrons. The van der Waals surface area contributed by atoms with Gasteiger partial charge in [-0.15, -0.1) is 23.5 Å². The SMILES string of the molecule is CC(=O)NC1(c2ccccc2)SCCS1. The molecule has 1 aliphatic heterocycles. The van der Waals surface area contributed by atoms with Gasteiger partial charge < -0.3 is 5.32 Å². The molecule has 0 spiro atoms. The minimum Gasteiger partial charge on any atom is -0.329 e. The average Bonchev–Trinajstić information content (AvgIpc) is 2.68. The van der Waals surface area contributed by atoms with Crippen LogP contribution in [-0.4, -0.2) is 17.4 Å². The lowest BCUT2D eigenvalue weighted by Crippen LogP contribution is -2.37. The van der Waals surface area contributed by atoms with Crippen LogP contribution in [0.5, 0.6) is 0 Å². The van der Waals surface area contributed by atoms with Crippen LogP contribution in [0.1, 0.15) is 12.5 Å². The summed E-state index contributed by atoms with van der Waals surface area (Å²) >= 11 is 3.60. The molecule has 1 amide bonds. The lowest BCUT2D eigenvalue weighted by atomic mass is 10.2. The van der Waals surface area contributed by atoms with Crippen molar-refractivity contribution in [3.63, 3.8) is 0 Å². The number of hydrogen-bond donors (Lipinski definition) is 1. The summed E-state index contributed by atoms with van der Waals surface area (Å²) in [6, 6.07) is 10.2. The number of carbonyl (C=O) groups excluding carboxylic acids is 1. The highest BCUT2D eigenvalue weighted by Gasteiger charge is 2.38. The Kier molecular flexibility index (Phi) is 3.26. The molecule has 0 atom stereocenters. The number of hydrogen-bond acceptors (Lipinski definition) is 3. The Morgan fingerprint density at radius 3 is 2.40 bits per heavy atom. The van der Waals surface area contributed by atoms with Crippen LogP contribution < -0.4 is 5.32 Å². The second kappa shape index (κ2) is 4.49. The first-order valence-corrected chi connectivity index (χ1v) is 6.82. The third-order valence-electron chi connectivity index (χ3n) is 2.19. The molecule has 2 rings (SSSR count). The Morgan fingerprint density at radius 2 is 1.87 bits per heavy atom. The first kappa shape index (κ1) is 10.9. The van der Waals surface area contributed by atoms with Crippen molar-refractivity contribution in [2.24, 2.45) is 0 Å². The lowest BCUT2D eigenvalue weighted by molar-refractivity contribution is -0.119. The molecule has 80 valence electrons. The summed E-state index contributed by atoms with van der Waals surface area (Å²) < 4.78 is -0.257. The van der Waals surface area contributed by atoms with Gasteiger partial charge in [0.1, 0.15) is 0 Å². The van der Waals surface area contributed by atoms with Gasteiger partial charge in [0.2, 0.25) is 5.91 Å². The van der Waals surface area contributed by atoms with Crippen molar-refractivity contribution < 1.29 is 4.79 Å². The van der Waals surface area contributed by atoms with Gasteiger partial charge in [0, 0.05) is 18.4 Å². The Morgan fingerprint density at radius 1 is 1.27 bits per heavy atom. The van der Waals surface area contributed by atoms with E-state index in [1.807, 2.05) is 18.2 Å². The van der Waals surface area contributed by atoms with E-state index < -0.39 is 0 Å². The Hall–Kier alpha value is -0.610. The molecule has 1 saturated heterocycles. The van der Waals surface area contributed by atoms with Crippen molar-refractivity contribution >= 4 is 29.4 Å². The number of rotatable bonds is 2. The molecule has 2 nitrogen and oxygen atoms in total. The molecule has 1 aromatic rings. The Bertz CT molecular complexity index is 347. The van der Waals surface area contributed by atoms with Crippen LogP contribution in [0.25, 0.3) is 0 Å². The first-order chi connectivity index (χ1) is 7.23. The van der Waals surface area contributed by atoms with E-state index >= 15 is 0 Å². The summed E-state index contributed by atoms with van der Waals surface area (Å²) in [5.41, 5.74) is 1.17.